The van der Waals surface area contributed by atoms with Crippen molar-refractivity contribution in [2.24, 2.45) is 0 Å². The zero-order valence-corrected chi connectivity index (χ0v) is 27.3. The summed E-state index contributed by atoms with van der Waals surface area (Å²) in [7, 11) is 8.98. The maximum absolute atomic E-state index is 10.4. The molecule has 14 heteroatoms. The second-order valence-corrected chi connectivity index (χ2v) is 12.0. The Bertz CT molecular complexity index is 732. The van der Waals surface area contributed by atoms with Crippen LogP contribution in [0, 0.1) is 7.43 Å². The summed E-state index contributed by atoms with van der Waals surface area (Å²) in [5.74, 6) is 0. The largest absolute Gasteiger partial charge is 0.394 e. The molecule has 0 aromatic rings. The number of aliphatic hydroxyl groups excluding tert-OH is 6. The number of ether oxygens (including phenoxy) is 5. The minimum atomic E-state index is -0.836. The molecule has 0 bridgehead atoms. The Morgan fingerprint density at radius 3 is 1.60 bits per heavy atom. The van der Waals surface area contributed by atoms with Crippen molar-refractivity contribution < 1.29 is 58.8 Å². The van der Waals surface area contributed by atoms with E-state index in [-0.39, 0.29) is 52.0 Å². The van der Waals surface area contributed by atoms with Crippen LogP contribution in [-0.2, 0) is 23.7 Å². The van der Waals surface area contributed by atoms with E-state index in [0.29, 0.717) is 24.2 Å². The second kappa shape index (κ2) is 21.1. The Morgan fingerprint density at radius 2 is 1.26 bits per heavy atom. The Hall–Kier alpha value is -0.820. The average molecular weight is 628 g/mol. The first-order valence-electron chi connectivity index (χ1n) is 14.5. The van der Waals surface area contributed by atoms with Crippen LogP contribution >= 0.6 is 0 Å². The van der Waals surface area contributed by atoms with Gasteiger partial charge in [0.05, 0.1) is 78.0 Å². The van der Waals surface area contributed by atoms with Crippen molar-refractivity contribution in [1.82, 2.24) is 10.6 Å². The van der Waals surface area contributed by atoms with Crippen LogP contribution in [0.2, 0.25) is 0 Å². The molecule has 12 atom stereocenters. The molecule has 2 heterocycles. The summed E-state index contributed by atoms with van der Waals surface area (Å²) in [6.45, 7) is 8.54. The van der Waals surface area contributed by atoms with Gasteiger partial charge < -0.3 is 76.9 Å². The van der Waals surface area contributed by atoms with E-state index in [1.165, 1.54) is 14.2 Å². The van der Waals surface area contributed by atoms with Crippen LogP contribution in [-0.4, -0.2) is 190 Å². The van der Waals surface area contributed by atoms with Crippen LogP contribution in [0.15, 0.2) is 12.7 Å². The highest BCUT2D eigenvalue weighted by Gasteiger charge is 2.44. The molecule has 43 heavy (non-hydrogen) atoms. The van der Waals surface area contributed by atoms with Gasteiger partial charge in [-0.15, -0.1) is 6.58 Å². The maximum Gasteiger partial charge on any atom is 0.115 e. The molecule has 0 aliphatic carbocycles. The lowest BCUT2D eigenvalue weighted by molar-refractivity contribution is -0.873. The SMILES string of the molecule is C=CCOCC(O)CNC1C(C)OC(CO)C(OC)C1O.COC1C(CO)OC(C)C(NCC(O)C[N+](C)(C)C)C1O.[CH3-]. The normalized spacial score (nSPS) is 34.3. The molecule has 2 fully saturated rings. The first kappa shape index (κ1) is 42.2. The van der Waals surface area contributed by atoms with E-state index in [9.17, 15) is 30.6 Å². The summed E-state index contributed by atoms with van der Waals surface area (Å²) < 4.78 is 27.5. The first-order chi connectivity index (χ1) is 19.7. The van der Waals surface area contributed by atoms with Crippen molar-refractivity contribution in [2.45, 2.75) is 87.0 Å². The Balaban J connectivity index is 0.000000802. The molecule has 0 aromatic heterocycles. The van der Waals surface area contributed by atoms with E-state index in [4.69, 9.17) is 23.7 Å². The summed E-state index contributed by atoms with van der Waals surface area (Å²) >= 11 is 0. The Morgan fingerprint density at radius 1 is 0.837 bits per heavy atom. The highest BCUT2D eigenvalue weighted by Crippen LogP contribution is 2.24. The van der Waals surface area contributed by atoms with E-state index in [1.807, 2.05) is 28.1 Å². The van der Waals surface area contributed by atoms with Gasteiger partial charge in [0, 0.05) is 27.3 Å². The van der Waals surface area contributed by atoms with E-state index in [1.54, 1.807) is 13.0 Å². The number of hydrogen-bond acceptors (Lipinski definition) is 13. The number of hydrogen-bond donors (Lipinski definition) is 8. The molecule has 0 amide bonds. The highest BCUT2D eigenvalue weighted by molar-refractivity contribution is 4.97. The van der Waals surface area contributed by atoms with Gasteiger partial charge in [0.25, 0.3) is 0 Å². The Kier molecular flexibility index (Phi) is 20.7. The third kappa shape index (κ3) is 14.0. The van der Waals surface area contributed by atoms with Crippen LogP contribution < -0.4 is 10.6 Å². The van der Waals surface area contributed by atoms with Gasteiger partial charge in [0.2, 0.25) is 0 Å². The molecule has 2 aliphatic heterocycles. The van der Waals surface area contributed by atoms with Crippen LogP contribution in [0.3, 0.4) is 0 Å². The molecule has 8 N–H and O–H groups in total. The van der Waals surface area contributed by atoms with Crippen molar-refractivity contribution >= 4 is 0 Å². The summed E-state index contributed by atoms with van der Waals surface area (Å²) in [5, 5.41) is 65.3. The number of methoxy groups -OCH3 is 2. The zero-order valence-electron chi connectivity index (χ0n) is 27.3. The minimum Gasteiger partial charge on any atom is -0.394 e. The molecule has 0 saturated carbocycles. The standard InChI is InChI=1S/C14H31N2O5.C14H27NO6.CH3/c1-9-12(15-6-10(18)7-16(2,3)4)13(19)14(20-5)11(8-17)21-9;1-4-5-20-8-10(17)6-15-12-9(2)21-11(7-16)14(19-3)13(12)18;/h9-15,17-19H,6-8H2,1-5H3;4,9-18H,1,5-8H2,2-3H3;1H3/q+1;;-1. The number of quaternary nitrogens is 1. The highest BCUT2D eigenvalue weighted by atomic mass is 16.6. The summed E-state index contributed by atoms with van der Waals surface area (Å²) in [6, 6.07) is -0.744. The van der Waals surface area contributed by atoms with E-state index in [2.05, 4.69) is 17.2 Å². The van der Waals surface area contributed by atoms with Crippen LogP contribution in [0.25, 0.3) is 0 Å². The lowest BCUT2D eigenvalue weighted by Gasteiger charge is -2.43. The van der Waals surface area contributed by atoms with Gasteiger partial charge in [0.1, 0.15) is 49.3 Å². The van der Waals surface area contributed by atoms with Gasteiger partial charge in [0.15, 0.2) is 0 Å². The second-order valence-electron chi connectivity index (χ2n) is 12.0. The average Bonchev–Trinajstić information content (AvgIpc) is 2.91. The van der Waals surface area contributed by atoms with Crippen LogP contribution in [0.5, 0.6) is 0 Å². The van der Waals surface area contributed by atoms with E-state index >= 15 is 0 Å². The summed E-state index contributed by atoms with van der Waals surface area (Å²) in [6.07, 6.45) is -4.11. The summed E-state index contributed by atoms with van der Waals surface area (Å²) in [4.78, 5) is 0. The van der Waals surface area contributed by atoms with Gasteiger partial charge in [-0.05, 0) is 13.8 Å². The minimum absolute atomic E-state index is 0. The van der Waals surface area contributed by atoms with Gasteiger partial charge in [-0.1, -0.05) is 6.08 Å². The van der Waals surface area contributed by atoms with Gasteiger partial charge in [-0.3, -0.25) is 0 Å². The number of rotatable bonds is 16. The fourth-order valence-electron chi connectivity index (χ4n) is 5.32. The van der Waals surface area contributed by atoms with Crippen LogP contribution in [0.4, 0.5) is 0 Å². The van der Waals surface area contributed by atoms with Crippen LogP contribution in [0.1, 0.15) is 13.8 Å². The molecule has 2 aliphatic rings. The number of aliphatic hydroxyl groups is 6. The first-order valence-corrected chi connectivity index (χ1v) is 14.5. The number of nitrogens with zero attached hydrogens (tertiary/aromatic N) is 1. The van der Waals surface area contributed by atoms with Gasteiger partial charge in [-0.25, -0.2) is 0 Å². The molecule has 14 nitrogen and oxygen atoms in total. The van der Waals surface area contributed by atoms with Crippen molar-refractivity contribution in [3.8, 4) is 0 Å². The number of nitrogens with one attached hydrogen (secondary N) is 2. The molecule has 2 saturated heterocycles. The molecule has 0 spiro atoms. The fraction of sp³-hybridized carbons (Fsp3) is 0.897. The van der Waals surface area contributed by atoms with Crippen molar-refractivity contribution in [3.05, 3.63) is 20.1 Å². The monoisotopic (exact) mass is 627 g/mol. The fourth-order valence-corrected chi connectivity index (χ4v) is 5.32. The smallest absolute Gasteiger partial charge is 0.115 e. The molecule has 0 aromatic carbocycles. The maximum atomic E-state index is 10.4. The summed E-state index contributed by atoms with van der Waals surface area (Å²) in [5.41, 5.74) is 0. The predicted octanol–water partition coefficient (Wildman–Crippen LogP) is -2.72. The van der Waals surface area contributed by atoms with Crippen molar-refractivity contribution in [2.75, 3.05) is 81.4 Å². The quantitative estimate of drug-likeness (QED) is 0.0382. The van der Waals surface area contributed by atoms with E-state index in [0.717, 1.165) is 0 Å². The lowest BCUT2D eigenvalue weighted by Crippen LogP contribution is -2.64. The van der Waals surface area contributed by atoms with Crippen molar-refractivity contribution in [1.29, 1.82) is 0 Å². The zero-order chi connectivity index (χ0) is 32.0. The molecule has 258 valence electrons. The van der Waals surface area contributed by atoms with Crippen molar-refractivity contribution in [3.63, 3.8) is 0 Å². The molecule has 0 radical (unpaired) electrons. The van der Waals surface area contributed by atoms with E-state index < -0.39 is 54.9 Å². The topological polar surface area (TPSA) is 192 Å². The Labute approximate surface area is 258 Å². The third-order valence-corrected chi connectivity index (χ3v) is 7.32. The lowest BCUT2D eigenvalue weighted by atomic mass is 9.93. The van der Waals surface area contributed by atoms with Gasteiger partial charge >= 0.3 is 0 Å². The third-order valence-electron chi connectivity index (χ3n) is 7.32. The molecule has 2 rings (SSSR count). The molecular weight excluding hydrogens is 566 g/mol. The molecular formula is C29H61N3O11. The molecule has 12 unspecified atom stereocenters. The van der Waals surface area contributed by atoms with Gasteiger partial charge in [-0.2, -0.15) is 0 Å². The predicted molar refractivity (Wildman–Crippen MR) is 162 cm³/mol. The number of likely N-dealkylation sites (N-methyl/N-ethyl adjacent to an activating group) is 1.